The lowest BCUT2D eigenvalue weighted by Gasteiger charge is -2.37. The van der Waals surface area contributed by atoms with Crippen molar-refractivity contribution in [2.75, 3.05) is 13.2 Å². The van der Waals surface area contributed by atoms with E-state index in [0.717, 1.165) is 24.9 Å². The largest absolute Gasteiger partial charge is 0.396 e. The fourth-order valence-corrected chi connectivity index (χ4v) is 3.75. The van der Waals surface area contributed by atoms with Crippen molar-refractivity contribution in [3.63, 3.8) is 0 Å². The van der Waals surface area contributed by atoms with Crippen LogP contribution in [0.1, 0.15) is 50.6 Å². The number of aliphatic hydroxyl groups excluding tert-OH is 1. The maximum Gasteiger partial charge on any atom is 0.0781 e. The summed E-state index contributed by atoms with van der Waals surface area (Å²) in [5.41, 5.74) is 0.949. The molecule has 0 aromatic heterocycles. The van der Waals surface area contributed by atoms with E-state index in [1.807, 2.05) is 6.07 Å². The molecule has 0 amide bonds. The first-order valence-corrected chi connectivity index (χ1v) is 8.60. The third-order valence-electron chi connectivity index (χ3n) is 4.56. The van der Waals surface area contributed by atoms with Gasteiger partial charge in [0.2, 0.25) is 0 Å². The van der Waals surface area contributed by atoms with E-state index in [9.17, 15) is 5.11 Å². The van der Waals surface area contributed by atoms with Crippen LogP contribution in [0.3, 0.4) is 0 Å². The summed E-state index contributed by atoms with van der Waals surface area (Å²) in [6.45, 7) is 3.09. The van der Waals surface area contributed by atoms with Gasteiger partial charge >= 0.3 is 0 Å². The quantitative estimate of drug-likeness (QED) is 0.712. The first kappa shape index (κ1) is 17.4. The Morgan fingerprint density at radius 3 is 2.43 bits per heavy atom. The van der Waals surface area contributed by atoms with Crippen molar-refractivity contribution in [1.29, 1.82) is 0 Å². The molecule has 0 radical (unpaired) electrons. The number of hydrogen-bond acceptors (Lipinski definition) is 2. The van der Waals surface area contributed by atoms with Gasteiger partial charge in [-0.15, -0.1) is 0 Å². The molecule has 2 nitrogen and oxygen atoms in total. The normalized spacial score (nSPS) is 19.5. The maximum absolute atomic E-state index is 9.76. The first-order chi connectivity index (χ1) is 9.99. The highest BCUT2D eigenvalue weighted by molar-refractivity contribution is 6.48. The molecule has 5 heteroatoms. The van der Waals surface area contributed by atoms with Crippen molar-refractivity contribution in [1.82, 2.24) is 5.32 Å². The van der Waals surface area contributed by atoms with E-state index in [1.54, 1.807) is 6.07 Å². The van der Waals surface area contributed by atoms with Gasteiger partial charge in [-0.1, -0.05) is 60.1 Å². The van der Waals surface area contributed by atoms with Gasteiger partial charge in [0.05, 0.1) is 15.1 Å². The Bertz CT molecular complexity index is 487. The molecule has 0 heterocycles. The molecular formula is C16H22Cl3NO. The SMILES string of the molecule is CC(NCC1(CO)CCCCC1)c1ccc(Cl)c(Cl)c1Cl. The zero-order valence-electron chi connectivity index (χ0n) is 12.3. The second-order valence-corrected chi connectivity index (χ2v) is 7.25. The predicted molar refractivity (Wildman–Crippen MR) is 90.5 cm³/mol. The minimum atomic E-state index is 0.00913. The molecular weight excluding hydrogens is 329 g/mol. The van der Waals surface area contributed by atoms with Crippen LogP contribution in [-0.4, -0.2) is 18.3 Å². The monoisotopic (exact) mass is 349 g/mol. The fourth-order valence-electron chi connectivity index (χ4n) is 3.05. The third kappa shape index (κ3) is 4.05. The van der Waals surface area contributed by atoms with E-state index in [2.05, 4.69) is 12.2 Å². The molecule has 2 N–H and O–H groups in total. The summed E-state index contributed by atoms with van der Waals surface area (Å²) < 4.78 is 0. The molecule has 1 aromatic rings. The summed E-state index contributed by atoms with van der Waals surface area (Å²) >= 11 is 18.3. The molecule has 1 atom stereocenters. The molecule has 1 fully saturated rings. The fraction of sp³-hybridized carbons (Fsp3) is 0.625. The van der Waals surface area contributed by atoms with Crippen LogP contribution in [0.2, 0.25) is 15.1 Å². The van der Waals surface area contributed by atoms with Crippen LogP contribution < -0.4 is 5.32 Å². The van der Waals surface area contributed by atoms with Crippen molar-refractivity contribution in [3.05, 3.63) is 32.8 Å². The summed E-state index contributed by atoms with van der Waals surface area (Å²) in [5.74, 6) is 0. The van der Waals surface area contributed by atoms with Crippen molar-refractivity contribution in [2.24, 2.45) is 5.41 Å². The van der Waals surface area contributed by atoms with Gasteiger partial charge in [0, 0.05) is 24.6 Å². The lowest BCUT2D eigenvalue weighted by Crippen LogP contribution is -2.40. The van der Waals surface area contributed by atoms with Gasteiger partial charge in [-0.25, -0.2) is 0 Å². The first-order valence-electron chi connectivity index (χ1n) is 7.47. The van der Waals surface area contributed by atoms with Crippen LogP contribution in [0.15, 0.2) is 12.1 Å². The minimum Gasteiger partial charge on any atom is -0.396 e. The number of aliphatic hydroxyl groups is 1. The Morgan fingerprint density at radius 2 is 1.81 bits per heavy atom. The Labute approximate surface area is 141 Å². The van der Waals surface area contributed by atoms with Gasteiger partial charge in [0.25, 0.3) is 0 Å². The average Bonchev–Trinajstić information content (AvgIpc) is 2.51. The highest BCUT2D eigenvalue weighted by Crippen LogP contribution is 2.38. The van der Waals surface area contributed by atoms with Gasteiger partial charge < -0.3 is 10.4 Å². The lowest BCUT2D eigenvalue weighted by atomic mass is 9.74. The molecule has 2 rings (SSSR count). The van der Waals surface area contributed by atoms with Crippen LogP contribution >= 0.6 is 34.8 Å². The molecule has 1 saturated carbocycles. The summed E-state index contributed by atoms with van der Waals surface area (Å²) in [4.78, 5) is 0. The van der Waals surface area contributed by atoms with Gasteiger partial charge in [-0.2, -0.15) is 0 Å². The molecule has 1 unspecified atom stereocenters. The topological polar surface area (TPSA) is 32.3 Å². The number of benzene rings is 1. The predicted octanol–water partition coefficient (Wildman–Crippen LogP) is 5.24. The van der Waals surface area contributed by atoms with Gasteiger partial charge in [0.1, 0.15) is 0 Å². The number of rotatable bonds is 5. The number of halogens is 3. The number of hydrogen-bond donors (Lipinski definition) is 2. The van der Waals surface area contributed by atoms with Crippen LogP contribution in [0.4, 0.5) is 0 Å². The standard InChI is InChI=1S/C16H22Cl3NO/c1-11(12-5-6-13(17)15(19)14(12)18)20-9-16(10-21)7-3-2-4-8-16/h5-6,11,20-21H,2-4,7-10H2,1H3. The molecule has 0 spiro atoms. The molecule has 1 aliphatic carbocycles. The molecule has 0 aliphatic heterocycles. The highest BCUT2D eigenvalue weighted by atomic mass is 35.5. The Hall–Kier alpha value is 0.01000. The summed E-state index contributed by atoms with van der Waals surface area (Å²) in [5, 5.41) is 14.6. The Kier molecular flexibility index (Phi) is 6.22. The smallest absolute Gasteiger partial charge is 0.0781 e. The number of nitrogens with one attached hydrogen (secondary N) is 1. The van der Waals surface area contributed by atoms with E-state index >= 15 is 0 Å². The molecule has 0 saturated heterocycles. The van der Waals surface area contributed by atoms with Crippen LogP contribution in [-0.2, 0) is 0 Å². The van der Waals surface area contributed by atoms with Gasteiger partial charge in [-0.3, -0.25) is 0 Å². The maximum atomic E-state index is 9.76. The van der Waals surface area contributed by atoms with Crippen LogP contribution in [0, 0.1) is 5.41 Å². The average molecular weight is 351 g/mol. The van der Waals surface area contributed by atoms with E-state index in [0.29, 0.717) is 15.1 Å². The molecule has 1 aliphatic rings. The molecule has 21 heavy (non-hydrogen) atoms. The van der Waals surface area contributed by atoms with Crippen molar-refractivity contribution in [3.8, 4) is 0 Å². The van der Waals surface area contributed by atoms with Crippen molar-refractivity contribution in [2.45, 2.75) is 45.1 Å². The highest BCUT2D eigenvalue weighted by Gasteiger charge is 2.31. The second-order valence-electron chi connectivity index (χ2n) is 6.09. The molecule has 118 valence electrons. The Balaban J connectivity index is 2.04. The van der Waals surface area contributed by atoms with E-state index < -0.39 is 0 Å². The van der Waals surface area contributed by atoms with Gasteiger partial charge in [0.15, 0.2) is 0 Å². The summed E-state index contributed by atoms with van der Waals surface area (Å²) in [6.07, 6.45) is 5.83. The van der Waals surface area contributed by atoms with E-state index in [1.165, 1.54) is 19.3 Å². The van der Waals surface area contributed by atoms with E-state index in [4.69, 9.17) is 34.8 Å². The summed E-state index contributed by atoms with van der Waals surface area (Å²) in [7, 11) is 0. The lowest BCUT2D eigenvalue weighted by molar-refractivity contribution is 0.0789. The van der Waals surface area contributed by atoms with E-state index in [-0.39, 0.29) is 18.1 Å². The molecule has 0 bridgehead atoms. The third-order valence-corrected chi connectivity index (χ3v) is 5.87. The summed E-state index contributed by atoms with van der Waals surface area (Å²) in [6, 6.07) is 3.74. The zero-order valence-corrected chi connectivity index (χ0v) is 14.5. The zero-order chi connectivity index (χ0) is 15.5. The second kappa shape index (κ2) is 7.52. The van der Waals surface area contributed by atoms with Crippen molar-refractivity contribution < 1.29 is 5.11 Å². The minimum absolute atomic E-state index is 0.00913. The van der Waals surface area contributed by atoms with Crippen LogP contribution in [0.25, 0.3) is 0 Å². The molecule has 1 aromatic carbocycles. The Morgan fingerprint density at radius 1 is 1.14 bits per heavy atom. The van der Waals surface area contributed by atoms with Crippen LogP contribution in [0.5, 0.6) is 0 Å². The van der Waals surface area contributed by atoms with Gasteiger partial charge in [-0.05, 0) is 31.4 Å². The van der Waals surface area contributed by atoms with Crippen molar-refractivity contribution >= 4 is 34.8 Å².